The molecule has 130 valence electrons. The van der Waals surface area contributed by atoms with E-state index in [2.05, 4.69) is 0 Å². The minimum Gasteiger partial charge on any atom is -0.378 e. The molecular weight excluding hydrogens is 344 g/mol. The number of benzene rings is 1. The lowest BCUT2D eigenvalue weighted by molar-refractivity contribution is -0.00249. The summed E-state index contributed by atoms with van der Waals surface area (Å²) in [7, 11) is 0.539. The molecule has 2 heterocycles. The van der Waals surface area contributed by atoms with Crippen LogP contribution in [-0.2, 0) is 14.8 Å². The Morgan fingerprint density at radius 2 is 1.88 bits per heavy atom. The van der Waals surface area contributed by atoms with Gasteiger partial charge < -0.3 is 9.64 Å². The molecule has 1 saturated heterocycles. The van der Waals surface area contributed by atoms with Crippen LogP contribution in [0.1, 0.15) is 16.5 Å². The van der Waals surface area contributed by atoms with Crippen molar-refractivity contribution >= 4 is 27.0 Å². The zero-order chi connectivity index (χ0) is 17.3. The van der Waals surface area contributed by atoms with Gasteiger partial charge in [0.15, 0.2) is 0 Å². The van der Waals surface area contributed by atoms with E-state index in [0.29, 0.717) is 23.9 Å². The van der Waals surface area contributed by atoms with Gasteiger partial charge in [-0.15, -0.1) is 11.3 Å². The highest BCUT2D eigenvalue weighted by Gasteiger charge is 2.32. The predicted octanol–water partition coefficient (Wildman–Crippen LogP) is 2.88. The van der Waals surface area contributed by atoms with Gasteiger partial charge in [0.25, 0.3) is 10.0 Å². The van der Waals surface area contributed by atoms with Crippen molar-refractivity contribution in [3.8, 4) is 0 Å². The van der Waals surface area contributed by atoms with Crippen LogP contribution in [0.2, 0.25) is 0 Å². The van der Waals surface area contributed by atoms with Crippen molar-refractivity contribution in [3.05, 3.63) is 46.8 Å². The van der Waals surface area contributed by atoms with E-state index < -0.39 is 10.0 Å². The van der Waals surface area contributed by atoms with E-state index in [1.54, 1.807) is 6.07 Å². The van der Waals surface area contributed by atoms with Crippen LogP contribution in [-0.4, -0.2) is 46.5 Å². The number of ether oxygens (including phenoxy) is 1. The van der Waals surface area contributed by atoms with E-state index in [1.165, 1.54) is 15.6 Å². The van der Waals surface area contributed by atoms with Gasteiger partial charge in [-0.3, -0.25) is 0 Å². The monoisotopic (exact) mass is 366 g/mol. The second-order valence-corrected chi connectivity index (χ2v) is 9.53. The lowest BCUT2D eigenvalue weighted by atomic mass is 10.1. The van der Waals surface area contributed by atoms with Gasteiger partial charge in [0.1, 0.15) is 4.21 Å². The van der Waals surface area contributed by atoms with Crippen molar-refractivity contribution in [2.75, 3.05) is 38.7 Å². The smallest absolute Gasteiger partial charge is 0.252 e. The molecule has 1 unspecified atom stereocenters. The topological polar surface area (TPSA) is 49.9 Å². The number of sulfonamides is 1. The number of morpholine rings is 1. The molecule has 1 aliphatic rings. The van der Waals surface area contributed by atoms with Gasteiger partial charge in [-0.2, -0.15) is 4.31 Å². The standard InChI is InChI=1S/C17H22N2O3S2/c1-13-4-9-17(23-13)24(20,21)19-10-11-22-16(12-19)14-5-7-15(8-6-14)18(2)3/h4-9,16H,10-12H2,1-3H3. The van der Waals surface area contributed by atoms with E-state index in [1.807, 2.05) is 56.3 Å². The van der Waals surface area contributed by atoms with Crippen molar-refractivity contribution < 1.29 is 13.2 Å². The second-order valence-electron chi connectivity index (χ2n) is 6.07. The molecular formula is C17H22N2O3S2. The minimum atomic E-state index is -3.44. The largest absolute Gasteiger partial charge is 0.378 e. The van der Waals surface area contributed by atoms with Crippen LogP contribution in [0.3, 0.4) is 0 Å². The molecule has 0 bridgehead atoms. The normalized spacial score (nSPS) is 19.4. The van der Waals surface area contributed by atoms with Gasteiger partial charge in [-0.1, -0.05) is 12.1 Å². The number of anilines is 1. The van der Waals surface area contributed by atoms with Gasteiger partial charge in [0.2, 0.25) is 0 Å². The third-order valence-corrected chi connectivity index (χ3v) is 7.45. The molecule has 0 radical (unpaired) electrons. The molecule has 2 aromatic rings. The minimum absolute atomic E-state index is 0.231. The maximum Gasteiger partial charge on any atom is 0.252 e. The first-order valence-electron chi connectivity index (χ1n) is 7.83. The first-order valence-corrected chi connectivity index (χ1v) is 10.1. The third kappa shape index (κ3) is 3.49. The first-order chi connectivity index (χ1) is 11.4. The van der Waals surface area contributed by atoms with Crippen LogP contribution < -0.4 is 4.90 Å². The summed E-state index contributed by atoms with van der Waals surface area (Å²) >= 11 is 1.31. The van der Waals surface area contributed by atoms with Gasteiger partial charge in [0.05, 0.1) is 12.7 Å². The maximum absolute atomic E-state index is 12.8. The molecule has 1 fully saturated rings. The lowest BCUT2D eigenvalue weighted by Crippen LogP contribution is -2.41. The second kappa shape index (κ2) is 6.84. The highest BCUT2D eigenvalue weighted by molar-refractivity contribution is 7.91. The summed E-state index contributed by atoms with van der Waals surface area (Å²) in [6.45, 7) is 3.06. The highest BCUT2D eigenvalue weighted by Crippen LogP contribution is 2.30. The van der Waals surface area contributed by atoms with Crippen molar-refractivity contribution in [2.24, 2.45) is 0 Å². The quantitative estimate of drug-likeness (QED) is 0.835. The van der Waals surface area contributed by atoms with Crippen molar-refractivity contribution in [1.29, 1.82) is 0 Å². The molecule has 1 aromatic carbocycles. The average Bonchev–Trinajstić information content (AvgIpc) is 3.02. The van der Waals surface area contributed by atoms with Crippen molar-refractivity contribution in [1.82, 2.24) is 4.31 Å². The summed E-state index contributed by atoms with van der Waals surface area (Å²) in [6, 6.07) is 11.6. The third-order valence-electron chi connectivity index (χ3n) is 4.12. The van der Waals surface area contributed by atoms with Gasteiger partial charge in [0, 0.05) is 37.7 Å². The Balaban J connectivity index is 1.79. The molecule has 0 N–H and O–H groups in total. The highest BCUT2D eigenvalue weighted by atomic mass is 32.2. The van der Waals surface area contributed by atoms with Gasteiger partial charge in [-0.25, -0.2) is 8.42 Å². The van der Waals surface area contributed by atoms with Crippen LogP contribution >= 0.6 is 11.3 Å². The Morgan fingerprint density at radius 3 is 2.46 bits per heavy atom. The first kappa shape index (κ1) is 17.4. The van der Waals surface area contributed by atoms with Crippen molar-refractivity contribution in [3.63, 3.8) is 0 Å². The van der Waals surface area contributed by atoms with Crippen LogP contribution in [0.4, 0.5) is 5.69 Å². The van der Waals surface area contributed by atoms with Gasteiger partial charge >= 0.3 is 0 Å². The number of aryl methyl sites for hydroxylation is 1. The summed E-state index contributed by atoms with van der Waals surface area (Å²) in [5.74, 6) is 0. The average molecular weight is 367 g/mol. The van der Waals surface area contributed by atoms with Crippen LogP contribution in [0.5, 0.6) is 0 Å². The summed E-state index contributed by atoms with van der Waals surface area (Å²) in [4.78, 5) is 3.03. The summed E-state index contributed by atoms with van der Waals surface area (Å²) in [5.41, 5.74) is 2.11. The number of rotatable bonds is 4. The molecule has 24 heavy (non-hydrogen) atoms. The molecule has 7 heteroatoms. The molecule has 0 aliphatic carbocycles. The number of hydrogen-bond acceptors (Lipinski definition) is 5. The number of nitrogens with zero attached hydrogens (tertiary/aromatic N) is 2. The Bertz CT molecular complexity index is 797. The maximum atomic E-state index is 12.8. The van der Waals surface area contributed by atoms with E-state index >= 15 is 0 Å². The molecule has 0 saturated carbocycles. The lowest BCUT2D eigenvalue weighted by Gasteiger charge is -2.32. The SMILES string of the molecule is Cc1ccc(S(=O)(=O)N2CCOC(c3ccc(N(C)C)cc3)C2)s1. The Morgan fingerprint density at radius 1 is 1.17 bits per heavy atom. The zero-order valence-electron chi connectivity index (χ0n) is 14.1. The fourth-order valence-electron chi connectivity index (χ4n) is 2.71. The van der Waals surface area contributed by atoms with Crippen LogP contribution in [0.15, 0.2) is 40.6 Å². The molecule has 1 aliphatic heterocycles. The fraction of sp³-hybridized carbons (Fsp3) is 0.412. The van der Waals surface area contributed by atoms with E-state index in [-0.39, 0.29) is 6.10 Å². The van der Waals surface area contributed by atoms with E-state index in [9.17, 15) is 8.42 Å². The van der Waals surface area contributed by atoms with Crippen LogP contribution in [0.25, 0.3) is 0 Å². The van der Waals surface area contributed by atoms with Crippen LogP contribution in [0, 0.1) is 6.92 Å². The fourth-order valence-corrected chi connectivity index (χ4v) is 5.57. The van der Waals surface area contributed by atoms with Crippen molar-refractivity contribution in [2.45, 2.75) is 17.2 Å². The van der Waals surface area contributed by atoms with Gasteiger partial charge in [-0.05, 0) is 36.8 Å². The molecule has 1 aromatic heterocycles. The summed E-state index contributed by atoms with van der Waals surface area (Å²) in [5, 5.41) is 0. The molecule has 0 amide bonds. The molecule has 5 nitrogen and oxygen atoms in total. The summed E-state index contributed by atoms with van der Waals surface area (Å²) in [6.07, 6.45) is -0.231. The van der Waals surface area contributed by atoms with E-state index in [4.69, 9.17) is 4.74 Å². The summed E-state index contributed by atoms with van der Waals surface area (Å²) < 4.78 is 33.3. The number of thiophene rings is 1. The Hall–Kier alpha value is -1.41. The number of hydrogen-bond donors (Lipinski definition) is 0. The van der Waals surface area contributed by atoms with E-state index in [0.717, 1.165) is 16.1 Å². The zero-order valence-corrected chi connectivity index (χ0v) is 15.7. The Labute approximate surface area is 147 Å². The molecule has 3 rings (SSSR count). The Kier molecular flexibility index (Phi) is 4.96. The predicted molar refractivity (Wildman–Crippen MR) is 97.3 cm³/mol. The molecule has 0 spiro atoms. The molecule has 1 atom stereocenters.